The fourth-order valence-corrected chi connectivity index (χ4v) is 2.48. The molecular weight excluding hydrogens is 348 g/mol. The minimum atomic E-state index is -1.03. The summed E-state index contributed by atoms with van der Waals surface area (Å²) in [6.45, 7) is 7.67. The number of benzene rings is 2. The van der Waals surface area contributed by atoms with Gasteiger partial charge in [0.2, 0.25) is 5.78 Å². The summed E-state index contributed by atoms with van der Waals surface area (Å²) in [4.78, 5) is 35.0. The number of ketones is 1. The van der Waals surface area contributed by atoms with E-state index in [9.17, 15) is 19.7 Å². The van der Waals surface area contributed by atoms with Crippen molar-refractivity contribution in [3.8, 4) is 0 Å². The number of Topliss-reactive ketones (excluding diaryl/α,β-unsaturated/α-hetero) is 1. The van der Waals surface area contributed by atoms with Gasteiger partial charge in [0, 0.05) is 11.6 Å². The van der Waals surface area contributed by atoms with E-state index < -0.39 is 17.0 Å². The third-order valence-corrected chi connectivity index (χ3v) is 4.15. The van der Waals surface area contributed by atoms with Gasteiger partial charge in [-0.15, -0.1) is 0 Å². The topological polar surface area (TPSA) is 113 Å². The summed E-state index contributed by atoms with van der Waals surface area (Å²) in [5.41, 5.74) is 6.49. The Hall–Kier alpha value is -3.22. The lowest BCUT2D eigenvalue weighted by Crippen LogP contribution is -2.24. The fraction of sp³-hybridized carbons (Fsp3) is 0.300. The molecule has 0 radical (unpaired) electrons. The van der Waals surface area contributed by atoms with Crippen molar-refractivity contribution in [2.24, 2.45) is 0 Å². The summed E-state index contributed by atoms with van der Waals surface area (Å²) < 4.78 is 5.17. The van der Waals surface area contributed by atoms with Crippen LogP contribution in [0.5, 0.6) is 0 Å². The molecule has 7 heteroatoms. The summed E-state index contributed by atoms with van der Waals surface area (Å²) in [7, 11) is 0. The normalized spacial score (nSPS) is 12.3. The average molecular weight is 370 g/mol. The Morgan fingerprint density at radius 2 is 1.63 bits per heavy atom. The number of carbonyl (C=O) groups is 2. The molecule has 0 aromatic heterocycles. The number of nitro benzene ring substituents is 1. The smallest absolute Gasteiger partial charge is 0.339 e. The van der Waals surface area contributed by atoms with Crippen molar-refractivity contribution in [3.63, 3.8) is 0 Å². The zero-order valence-corrected chi connectivity index (χ0v) is 15.7. The van der Waals surface area contributed by atoms with Gasteiger partial charge in [-0.1, -0.05) is 45.0 Å². The van der Waals surface area contributed by atoms with Crippen LogP contribution in [0.25, 0.3) is 0 Å². The van der Waals surface area contributed by atoms with Gasteiger partial charge in [0.25, 0.3) is 5.69 Å². The predicted octanol–water partition coefficient (Wildman–Crippen LogP) is 3.90. The predicted molar refractivity (Wildman–Crippen MR) is 102 cm³/mol. The SMILES string of the molecule is C[C@@H](OC(=O)c1ccc(N)c([N+](=O)[O-])c1)C(=O)c1ccc(C(C)(C)C)cc1. The first-order valence-corrected chi connectivity index (χ1v) is 8.40. The molecule has 27 heavy (non-hydrogen) atoms. The van der Waals surface area contributed by atoms with Crippen molar-refractivity contribution in [2.45, 2.75) is 39.2 Å². The van der Waals surface area contributed by atoms with E-state index in [4.69, 9.17) is 10.5 Å². The van der Waals surface area contributed by atoms with Crippen LogP contribution < -0.4 is 5.73 Å². The first-order chi connectivity index (χ1) is 12.5. The number of nitrogens with zero attached hydrogens (tertiary/aromatic N) is 1. The van der Waals surface area contributed by atoms with Crippen molar-refractivity contribution in [3.05, 3.63) is 69.3 Å². The van der Waals surface area contributed by atoms with Crippen LogP contribution in [-0.2, 0) is 10.2 Å². The van der Waals surface area contributed by atoms with Gasteiger partial charge in [0.15, 0.2) is 6.10 Å². The van der Waals surface area contributed by atoms with E-state index in [1.807, 2.05) is 12.1 Å². The van der Waals surface area contributed by atoms with Gasteiger partial charge in [0.1, 0.15) is 5.69 Å². The molecule has 0 fully saturated rings. The highest BCUT2D eigenvalue weighted by atomic mass is 16.6. The molecule has 0 heterocycles. The second-order valence-corrected chi connectivity index (χ2v) is 7.27. The molecule has 2 aromatic carbocycles. The second kappa shape index (κ2) is 7.57. The number of nitrogens with two attached hydrogens (primary N) is 1. The molecule has 0 aliphatic heterocycles. The average Bonchev–Trinajstić information content (AvgIpc) is 2.60. The molecule has 0 aliphatic carbocycles. The Balaban J connectivity index is 2.13. The molecule has 0 bridgehead atoms. The number of nitro groups is 1. The summed E-state index contributed by atoms with van der Waals surface area (Å²) in [6.07, 6.45) is -1.03. The quantitative estimate of drug-likeness (QED) is 0.281. The van der Waals surface area contributed by atoms with Crippen molar-refractivity contribution < 1.29 is 19.2 Å². The van der Waals surface area contributed by atoms with Crippen LogP contribution in [0.4, 0.5) is 11.4 Å². The summed E-state index contributed by atoms with van der Waals surface area (Å²) in [5, 5.41) is 10.9. The van der Waals surface area contributed by atoms with Gasteiger partial charge in [0.05, 0.1) is 10.5 Å². The van der Waals surface area contributed by atoms with Crippen LogP contribution in [0.2, 0.25) is 0 Å². The Morgan fingerprint density at radius 1 is 1.07 bits per heavy atom. The zero-order chi connectivity index (χ0) is 20.4. The minimum absolute atomic E-state index is 0.0382. The molecule has 2 rings (SSSR count). The molecule has 0 saturated heterocycles. The molecule has 0 unspecified atom stereocenters. The lowest BCUT2D eigenvalue weighted by Gasteiger charge is -2.19. The first kappa shape index (κ1) is 20.1. The van der Waals surface area contributed by atoms with Gasteiger partial charge in [-0.25, -0.2) is 4.79 Å². The largest absolute Gasteiger partial charge is 0.451 e. The number of anilines is 1. The van der Waals surface area contributed by atoms with E-state index in [0.717, 1.165) is 11.6 Å². The van der Waals surface area contributed by atoms with Gasteiger partial charge >= 0.3 is 5.97 Å². The van der Waals surface area contributed by atoms with Crippen LogP contribution >= 0.6 is 0 Å². The summed E-state index contributed by atoms with van der Waals surface area (Å²) in [6, 6.07) is 10.7. The third-order valence-electron chi connectivity index (χ3n) is 4.15. The monoisotopic (exact) mass is 370 g/mol. The second-order valence-electron chi connectivity index (χ2n) is 7.27. The van der Waals surface area contributed by atoms with E-state index in [-0.39, 0.29) is 28.1 Å². The number of ether oxygens (including phenoxy) is 1. The minimum Gasteiger partial charge on any atom is -0.451 e. The van der Waals surface area contributed by atoms with Gasteiger partial charge in [-0.2, -0.15) is 0 Å². The molecule has 7 nitrogen and oxygen atoms in total. The van der Waals surface area contributed by atoms with Crippen molar-refractivity contribution in [1.29, 1.82) is 0 Å². The standard InChI is InChI=1S/C20H22N2O5/c1-12(18(23)13-5-8-15(9-6-13)20(2,3)4)27-19(24)14-7-10-16(21)17(11-14)22(25)26/h5-12H,21H2,1-4H3/t12-/m1/s1. The number of hydrogen-bond donors (Lipinski definition) is 1. The van der Waals surface area contributed by atoms with Crippen molar-refractivity contribution >= 4 is 23.1 Å². The molecule has 0 spiro atoms. The highest BCUT2D eigenvalue weighted by Crippen LogP contribution is 2.24. The Labute approximate surface area is 157 Å². The maximum absolute atomic E-state index is 12.5. The molecule has 0 saturated carbocycles. The van der Waals surface area contributed by atoms with E-state index in [2.05, 4.69) is 20.8 Å². The van der Waals surface area contributed by atoms with Crippen LogP contribution in [0.1, 0.15) is 54.0 Å². The van der Waals surface area contributed by atoms with Crippen LogP contribution in [0.15, 0.2) is 42.5 Å². The zero-order valence-electron chi connectivity index (χ0n) is 15.7. The van der Waals surface area contributed by atoms with Crippen LogP contribution in [0.3, 0.4) is 0 Å². The molecule has 142 valence electrons. The molecule has 2 N–H and O–H groups in total. The molecule has 0 amide bonds. The van der Waals surface area contributed by atoms with Crippen LogP contribution in [-0.4, -0.2) is 22.8 Å². The van der Waals surface area contributed by atoms with E-state index >= 15 is 0 Å². The highest BCUT2D eigenvalue weighted by molar-refractivity contribution is 6.01. The van der Waals surface area contributed by atoms with Gasteiger partial charge < -0.3 is 10.5 Å². The van der Waals surface area contributed by atoms with Crippen LogP contribution in [0, 0.1) is 10.1 Å². The maximum Gasteiger partial charge on any atom is 0.339 e. The lowest BCUT2D eigenvalue weighted by atomic mass is 9.86. The lowest BCUT2D eigenvalue weighted by molar-refractivity contribution is -0.383. The Kier molecular flexibility index (Phi) is 5.64. The van der Waals surface area contributed by atoms with E-state index in [1.54, 1.807) is 12.1 Å². The first-order valence-electron chi connectivity index (χ1n) is 8.40. The number of rotatable bonds is 5. The Morgan fingerprint density at radius 3 is 2.15 bits per heavy atom. The fourth-order valence-electron chi connectivity index (χ4n) is 2.48. The molecule has 0 aliphatic rings. The van der Waals surface area contributed by atoms with Crippen molar-refractivity contribution in [2.75, 3.05) is 5.73 Å². The number of esters is 1. The highest BCUT2D eigenvalue weighted by Gasteiger charge is 2.23. The number of carbonyl (C=O) groups excluding carboxylic acids is 2. The molecule has 2 aromatic rings. The summed E-state index contributed by atoms with van der Waals surface area (Å²) >= 11 is 0. The van der Waals surface area contributed by atoms with Gasteiger partial charge in [-0.05, 0) is 30.0 Å². The number of nitrogen functional groups attached to an aromatic ring is 1. The molecular formula is C20H22N2O5. The van der Waals surface area contributed by atoms with Crippen molar-refractivity contribution in [1.82, 2.24) is 0 Å². The summed E-state index contributed by atoms with van der Waals surface area (Å²) in [5.74, 6) is -1.18. The van der Waals surface area contributed by atoms with Gasteiger partial charge in [-0.3, -0.25) is 14.9 Å². The Bertz CT molecular complexity index is 882. The van der Waals surface area contributed by atoms with E-state index in [0.29, 0.717) is 5.56 Å². The third kappa shape index (κ3) is 4.69. The number of hydrogen-bond acceptors (Lipinski definition) is 6. The van der Waals surface area contributed by atoms with E-state index in [1.165, 1.54) is 19.1 Å². The maximum atomic E-state index is 12.5. The molecule has 1 atom stereocenters.